The summed E-state index contributed by atoms with van der Waals surface area (Å²) in [4.78, 5) is 36.8. The van der Waals surface area contributed by atoms with Crippen molar-refractivity contribution >= 4 is 39.3 Å². The van der Waals surface area contributed by atoms with Crippen LogP contribution in [-0.4, -0.2) is 24.3 Å². The molecule has 0 aliphatic rings. The normalized spacial score (nSPS) is 10.5. The SMILES string of the molecule is CCCCCCOc1ccc(Br)cc1C(=O)NNC(=O)c1ccc(NC(=O)C(C)C)cc1. The fourth-order valence-corrected chi connectivity index (χ4v) is 3.12. The third-order valence-electron chi connectivity index (χ3n) is 4.67. The number of hydrogen-bond donors (Lipinski definition) is 3. The number of unbranched alkanes of at least 4 members (excludes halogenated alkanes) is 3. The Hall–Kier alpha value is -2.87. The monoisotopic (exact) mass is 503 g/mol. The maximum Gasteiger partial charge on any atom is 0.273 e. The maximum absolute atomic E-state index is 12.7. The van der Waals surface area contributed by atoms with Crippen LogP contribution < -0.4 is 20.9 Å². The summed E-state index contributed by atoms with van der Waals surface area (Å²) in [5.74, 6) is -0.744. The molecule has 0 aliphatic heterocycles. The van der Waals surface area contributed by atoms with Crippen molar-refractivity contribution in [1.29, 1.82) is 0 Å². The Labute approximate surface area is 197 Å². The number of anilines is 1. The minimum Gasteiger partial charge on any atom is -0.493 e. The Morgan fingerprint density at radius 2 is 1.62 bits per heavy atom. The number of amides is 3. The predicted octanol–water partition coefficient (Wildman–Crippen LogP) is 5.08. The van der Waals surface area contributed by atoms with Gasteiger partial charge in [-0.3, -0.25) is 25.2 Å². The van der Waals surface area contributed by atoms with E-state index in [2.05, 4.69) is 39.0 Å². The first-order valence-corrected chi connectivity index (χ1v) is 11.5. The van der Waals surface area contributed by atoms with Gasteiger partial charge in [0.1, 0.15) is 5.75 Å². The van der Waals surface area contributed by atoms with Crippen molar-refractivity contribution in [2.75, 3.05) is 11.9 Å². The highest BCUT2D eigenvalue weighted by atomic mass is 79.9. The van der Waals surface area contributed by atoms with Gasteiger partial charge in [-0.2, -0.15) is 0 Å². The van der Waals surface area contributed by atoms with Crippen LogP contribution >= 0.6 is 15.9 Å². The van der Waals surface area contributed by atoms with Crippen LogP contribution in [0.4, 0.5) is 5.69 Å². The first kappa shape index (κ1) is 25.4. The largest absolute Gasteiger partial charge is 0.493 e. The fraction of sp³-hybridized carbons (Fsp3) is 0.375. The average molecular weight is 504 g/mol. The molecule has 2 aromatic rings. The molecule has 0 atom stereocenters. The van der Waals surface area contributed by atoms with Gasteiger partial charge >= 0.3 is 0 Å². The van der Waals surface area contributed by atoms with Gasteiger partial charge in [0.25, 0.3) is 11.8 Å². The summed E-state index contributed by atoms with van der Waals surface area (Å²) in [5.41, 5.74) is 6.10. The third kappa shape index (κ3) is 8.00. The number of hydrazine groups is 1. The van der Waals surface area contributed by atoms with E-state index in [0.717, 1.165) is 30.2 Å². The Kier molecular flexibility index (Phi) is 10.2. The van der Waals surface area contributed by atoms with Crippen LogP contribution in [0.2, 0.25) is 0 Å². The number of rotatable bonds is 10. The second kappa shape index (κ2) is 12.9. The molecule has 0 aromatic heterocycles. The molecule has 0 heterocycles. The summed E-state index contributed by atoms with van der Waals surface area (Å²) in [6.07, 6.45) is 4.27. The molecule has 0 fully saturated rings. The standard InChI is InChI=1S/C24H30BrN3O4/c1-4-5-6-7-14-32-21-13-10-18(25)15-20(21)24(31)28-27-23(30)17-8-11-19(12-9-17)26-22(29)16(2)3/h8-13,15-16H,4-7,14H2,1-3H3,(H,26,29)(H,27,30)(H,28,31). The minimum absolute atomic E-state index is 0.105. The van der Waals surface area contributed by atoms with Crippen LogP contribution in [0, 0.1) is 5.92 Å². The second-order valence-electron chi connectivity index (χ2n) is 7.68. The number of hydrogen-bond acceptors (Lipinski definition) is 4. The molecule has 0 saturated heterocycles. The zero-order valence-electron chi connectivity index (χ0n) is 18.7. The molecular weight excluding hydrogens is 474 g/mol. The van der Waals surface area contributed by atoms with Crippen LogP contribution in [0.25, 0.3) is 0 Å². The number of ether oxygens (including phenoxy) is 1. The van der Waals surface area contributed by atoms with Gasteiger partial charge in [0.2, 0.25) is 5.91 Å². The molecule has 0 bridgehead atoms. The van der Waals surface area contributed by atoms with Gasteiger partial charge in [0.05, 0.1) is 12.2 Å². The van der Waals surface area contributed by atoms with Gasteiger partial charge in [0, 0.05) is 21.6 Å². The summed E-state index contributed by atoms with van der Waals surface area (Å²) < 4.78 is 6.51. The fourth-order valence-electron chi connectivity index (χ4n) is 2.76. The van der Waals surface area contributed by atoms with Gasteiger partial charge in [-0.15, -0.1) is 0 Å². The summed E-state index contributed by atoms with van der Waals surface area (Å²) in [6.45, 7) is 6.27. The lowest BCUT2D eigenvalue weighted by atomic mass is 10.1. The van der Waals surface area contributed by atoms with Crippen LogP contribution in [0.3, 0.4) is 0 Å². The van der Waals surface area contributed by atoms with Gasteiger partial charge in [-0.05, 0) is 48.9 Å². The van der Waals surface area contributed by atoms with E-state index in [1.807, 2.05) is 0 Å². The van der Waals surface area contributed by atoms with Crippen molar-refractivity contribution in [3.05, 3.63) is 58.1 Å². The first-order valence-electron chi connectivity index (χ1n) is 10.8. The van der Waals surface area contributed by atoms with Crippen molar-refractivity contribution in [2.45, 2.75) is 46.5 Å². The summed E-state index contributed by atoms with van der Waals surface area (Å²) in [6, 6.07) is 11.6. The highest BCUT2D eigenvalue weighted by Gasteiger charge is 2.15. The van der Waals surface area contributed by atoms with Crippen LogP contribution in [-0.2, 0) is 4.79 Å². The van der Waals surface area contributed by atoms with E-state index in [0.29, 0.717) is 29.2 Å². The van der Waals surface area contributed by atoms with E-state index < -0.39 is 11.8 Å². The Morgan fingerprint density at radius 3 is 2.28 bits per heavy atom. The molecule has 0 spiro atoms. The quantitative estimate of drug-likeness (QED) is 0.311. The van der Waals surface area contributed by atoms with Gasteiger partial charge in [-0.1, -0.05) is 56.0 Å². The minimum atomic E-state index is -0.482. The van der Waals surface area contributed by atoms with E-state index >= 15 is 0 Å². The molecule has 8 heteroatoms. The average Bonchev–Trinajstić information content (AvgIpc) is 2.78. The van der Waals surface area contributed by atoms with E-state index in [4.69, 9.17) is 4.74 Å². The van der Waals surface area contributed by atoms with Gasteiger partial charge < -0.3 is 10.1 Å². The van der Waals surface area contributed by atoms with Crippen molar-refractivity contribution in [2.24, 2.45) is 5.92 Å². The summed E-state index contributed by atoms with van der Waals surface area (Å²) in [5, 5.41) is 2.76. The van der Waals surface area contributed by atoms with E-state index in [1.165, 1.54) is 0 Å². The number of carbonyl (C=O) groups excluding carboxylic acids is 3. The maximum atomic E-state index is 12.7. The Bertz CT molecular complexity index is 929. The molecule has 0 radical (unpaired) electrons. The van der Waals surface area contributed by atoms with Crippen LogP contribution in [0.15, 0.2) is 46.9 Å². The molecule has 0 aliphatic carbocycles. The van der Waals surface area contributed by atoms with Crippen LogP contribution in [0.1, 0.15) is 67.2 Å². The second-order valence-corrected chi connectivity index (χ2v) is 8.59. The number of nitrogens with one attached hydrogen (secondary N) is 3. The zero-order valence-corrected chi connectivity index (χ0v) is 20.3. The molecule has 172 valence electrons. The summed E-state index contributed by atoms with van der Waals surface area (Å²) >= 11 is 3.36. The molecule has 2 rings (SSSR count). The Balaban J connectivity index is 1.94. The molecule has 7 nitrogen and oxygen atoms in total. The number of halogens is 1. The lowest BCUT2D eigenvalue weighted by Crippen LogP contribution is -2.41. The zero-order chi connectivity index (χ0) is 23.5. The summed E-state index contributed by atoms with van der Waals surface area (Å²) in [7, 11) is 0. The van der Waals surface area contributed by atoms with Crippen molar-refractivity contribution in [3.63, 3.8) is 0 Å². The molecule has 0 unspecified atom stereocenters. The molecule has 0 saturated carbocycles. The molecule has 32 heavy (non-hydrogen) atoms. The van der Waals surface area contributed by atoms with Crippen molar-refractivity contribution in [3.8, 4) is 5.75 Å². The molecule has 3 amide bonds. The lowest BCUT2D eigenvalue weighted by molar-refractivity contribution is -0.118. The number of carbonyl (C=O) groups is 3. The third-order valence-corrected chi connectivity index (χ3v) is 5.16. The topological polar surface area (TPSA) is 96.5 Å². The number of benzene rings is 2. The molecule has 3 N–H and O–H groups in total. The molecular formula is C24H30BrN3O4. The lowest BCUT2D eigenvalue weighted by Gasteiger charge is -2.13. The van der Waals surface area contributed by atoms with E-state index in [1.54, 1.807) is 56.3 Å². The van der Waals surface area contributed by atoms with Gasteiger partial charge in [-0.25, -0.2) is 0 Å². The highest BCUT2D eigenvalue weighted by Crippen LogP contribution is 2.23. The van der Waals surface area contributed by atoms with E-state index in [-0.39, 0.29) is 11.8 Å². The molecule has 2 aromatic carbocycles. The first-order chi connectivity index (χ1) is 15.3. The predicted molar refractivity (Wildman–Crippen MR) is 129 cm³/mol. The van der Waals surface area contributed by atoms with Crippen molar-refractivity contribution < 1.29 is 19.1 Å². The Morgan fingerprint density at radius 1 is 0.938 bits per heavy atom. The van der Waals surface area contributed by atoms with Crippen LogP contribution in [0.5, 0.6) is 5.75 Å². The van der Waals surface area contributed by atoms with Gasteiger partial charge in [0.15, 0.2) is 0 Å². The smallest absolute Gasteiger partial charge is 0.273 e. The highest BCUT2D eigenvalue weighted by molar-refractivity contribution is 9.10. The van der Waals surface area contributed by atoms with E-state index in [9.17, 15) is 14.4 Å². The van der Waals surface area contributed by atoms with Crippen molar-refractivity contribution in [1.82, 2.24) is 10.9 Å².